The molecule has 0 saturated carbocycles. The molecule has 2 amide bonds. The average Bonchev–Trinajstić information content (AvgIpc) is 2.40. The molecule has 0 aromatic heterocycles. The van der Waals surface area contributed by atoms with Gasteiger partial charge in [0.25, 0.3) is 0 Å². The molecule has 0 bridgehead atoms. The van der Waals surface area contributed by atoms with Crippen molar-refractivity contribution in [3.63, 3.8) is 0 Å². The van der Waals surface area contributed by atoms with Crippen LogP contribution in [0.15, 0.2) is 24.3 Å². The van der Waals surface area contributed by atoms with Gasteiger partial charge in [-0.1, -0.05) is 31.5 Å². The number of benzene rings is 1. The molecule has 0 heterocycles. The fraction of sp³-hybridized carbons (Fsp3) is 0.467. The third-order valence-corrected chi connectivity index (χ3v) is 2.78. The van der Waals surface area contributed by atoms with Gasteiger partial charge >= 0.3 is 11.8 Å². The van der Waals surface area contributed by atoms with Crippen LogP contribution >= 0.6 is 0 Å². The van der Waals surface area contributed by atoms with E-state index in [-0.39, 0.29) is 0 Å². The smallest absolute Gasteiger partial charge is 0.313 e. The molecule has 0 saturated heterocycles. The summed E-state index contributed by atoms with van der Waals surface area (Å²) in [6.45, 7) is 7.20. The zero-order valence-electron chi connectivity index (χ0n) is 11.9. The van der Waals surface area contributed by atoms with Crippen molar-refractivity contribution in [3.05, 3.63) is 29.8 Å². The number of nitrogens with zero attached hydrogens (tertiary/aromatic N) is 1. The molecule has 0 aliphatic rings. The first-order chi connectivity index (χ1) is 9.08. The van der Waals surface area contributed by atoms with E-state index in [0.29, 0.717) is 18.8 Å². The molecule has 0 radical (unpaired) electrons. The summed E-state index contributed by atoms with van der Waals surface area (Å²) >= 11 is 0. The molecule has 4 nitrogen and oxygen atoms in total. The van der Waals surface area contributed by atoms with Crippen LogP contribution in [-0.4, -0.2) is 29.8 Å². The molecule has 0 aliphatic carbocycles. The van der Waals surface area contributed by atoms with Crippen molar-refractivity contribution < 1.29 is 9.59 Å². The van der Waals surface area contributed by atoms with Crippen LogP contribution in [0.3, 0.4) is 0 Å². The zero-order chi connectivity index (χ0) is 14.3. The van der Waals surface area contributed by atoms with E-state index >= 15 is 0 Å². The van der Waals surface area contributed by atoms with E-state index < -0.39 is 11.8 Å². The van der Waals surface area contributed by atoms with Crippen LogP contribution in [0.25, 0.3) is 0 Å². The molecule has 1 rings (SSSR count). The number of anilines is 1. The Kier molecular flexibility index (Phi) is 6.06. The van der Waals surface area contributed by atoms with Gasteiger partial charge in [0.2, 0.25) is 0 Å². The summed E-state index contributed by atoms with van der Waals surface area (Å²) in [5.74, 6) is -1.02. The SMILES string of the molecule is CCCN(CCC)C(=O)C(=O)Nc1ccc(C)cc1. The number of carbonyl (C=O) groups is 2. The maximum atomic E-state index is 12.0. The first kappa shape index (κ1) is 15.2. The van der Waals surface area contributed by atoms with Crippen molar-refractivity contribution in [2.75, 3.05) is 18.4 Å². The van der Waals surface area contributed by atoms with Gasteiger partial charge in [0.1, 0.15) is 0 Å². The number of hydrogen-bond acceptors (Lipinski definition) is 2. The number of carbonyl (C=O) groups excluding carboxylic acids is 2. The monoisotopic (exact) mass is 262 g/mol. The van der Waals surface area contributed by atoms with E-state index in [1.54, 1.807) is 17.0 Å². The predicted octanol–water partition coefficient (Wildman–Crippen LogP) is 2.58. The quantitative estimate of drug-likeness (QED) is 0.829. The summed E-state index contributed by atoms with van der Waals surface area (Å²) in [5, 5.41) is 2.64. The van der Waals surface area contributed by atoms with Crippen molar-refractivity contribution in [1.29, 1.82) is 0 Å². The minimum absolute atomic E-state index is 0.454. The minimum Gasteiger partial charge on any atom is -0.334 e. The van der Waals surface area contributed by atoms with Crippen LogP contribution in [0, 0.1) is 6.92 Å². The van der Waals surface area contributed by atoms with Gasteiger partial charge in [-0.3, -0.25) is 9.59 Å². The Morgan fingerprint density at radius 2 is 1.58 bits per heavy atom. The van der Waals surface area contributed by atoms with Gasteiger partial charge in [0, 0.05) is 18.8 Å². The van der Waals surface area contributed by atoms with Crippen LogP contribution in [0.2, 0.25) is 0 Å². The zero-order valence-corrected chi connectivity index (χ0v) is 11.9. The van der Waals surface area contributed by atoms with E-state index in [4.69, 9.17) is 0 Å². The summed E-state index contributed by atoms with van der Waals surface area (Å²) in [5.41, 5.74) is 1.76. The molecule has 0 atom stereocenters. The second-order valence-electron chi connectivity index (χ2n) is 4.61. The summed E-state index contributed by atoms with van der Waals surface area (Å²) in [4.78, 5) is 25.5. The van der Waals surface area contributed by atoms with Crippen LogP contribution in [0.5, 0.6) is 0 Å². The Morgan fingerprint density at radius 3 is 2.05 bits per heavy atom. The Bertz CT molecular complexity index is 420. The lowest BCUT2D eigenvalue weighted by Gasteiger charge is -2.20. The number of rotatable bonds is 5. The number of nitrogens with one attached hydrogen (secondary N) is 1. The summed E-state index contributed by atoms with van der Waals surface area (Å²) in [6.07, 6.45) is 1.70. The standard InChI is InChI=1S/C15H22N2O2/c1-4-10-17(11-5-2)15(19)14(18)16-13-8-6-12(3)7-9-13/h6-9H,4-5,10-11H2,1-3H3,(H,16,18). The molecule has 19 heavy (non-hydrogen) atoms. The average molecular weight is 262 g/mol. The molecule has 0 fully saturated rings. The topological polar surface area (TPSA) is 49.4 Å². The molecule has 104 valence electrons. The fourth-order valence-electron chi connectivity index (χ4n) is 1.82. The van der Waals surface area contributed by atoms with Crippen molar-refractivity contribution in [2.45, 2.75) is 33.6 Å². The normalized spacial score (nSPS) is 10.1. The highest BCUT2D eigenvalue weighted by atomic mass is 16.2. The Morgan fingerprint density at radius 1 is 1.05 bits per heavy atom. The van der Waals surface area contributed by atoms with Crippen LogP contribution in [0.1, 0.15) is 32.3 Å². The number of aryl methyl sites for hydroxylation is 1. The molecular formula is C15H22N2O2. The number of amides is 2. The predicted molar refractivity (Wildman–Crippen MR) is 77.0 cm³/mol. The van der Waals surface area contributed by atoms with Crippen molar-refractivity contribution in [2.24, 2.45) is 0 Å². The van der Waals surface area contributed by atoms with Gasteiger partial charge < -0.3 is 10.2 Å². The van der Waals surface area contributed by atoms with Gasteiger partial charge in [-0.2, -0.15) is 0 Å². The first-order valence-electron chi connectivity index (χ1n) is 6.75. The van der Waals surface area contributed by atoms with Crippen LogP contribution in [-0.2, 0) is 9.59 Å². The summed E-state index contributed by atoms with van der Waals surface area (Å²) < 4.78 is 0. The van der Waals surface area contributed by atoms with E-state index in [2.05, 4.69) is 5.32 Å². The maximum absolute atomic E-state index is 12.0. The third kappa shape index (κ3) is 4.73. The molecule has 0 aliphatic heterocycles. The number of hydrogen-bond donors (Lipinski definition) is 1. The van der Waals surface area contributed by atoms with Gasteiger partial charge in [-0.15, -0.1) is 0 Å². The lowest BCUT2D eigenvalue weighted by molar-refractivity contribution is -0.143. The maximum Gasteiger partial charge on any atom is 0.313 e. The van der Waals surface area contributed by atoms with Crippen molar-refractivity contribution in [1.82, 2.24) is 4.90 Å². The fourth-order valence-corrected chi connectivity index (χ4v) is 1.82. The largest absolute Gasteiger partial charge is 0.334 e. The first-order valence-corrected chi connectivity index (χ1v) is 6.75. The van der Waals surface area contributed by atoms with E-state index in [9.17, 15) is 9.59 Å². The van der Waals surface area contributed by atoms with E-state index in [1.807, 2.05) is 32.9 Å². The highest BCUT2D eigenvalue weighted by Crippen LogP contribution is 2.09. The van der Waals surface area contributed by atoms with Gasteiger partial charge in [0.15, 0.2) is 0 Å². The molecule has 0 spiro atoms. The molecule has 4 heteroatoms. The second kappa shape index (κ2) is 7.56. The van der Waals surface area contributed by atoms with Gasteiger partial charge in [0.05, 0.1) is 0 Å². The molecule has 1 aromatic rings. The molecule has 0 unspecified atom stereocenters. The highest BCUT2D eigenvalue weighted by Gasteiger charge is 2.20. The Labute approximate surface area is 114 Å². The lowest BCUT2D eigenvalue weighted by atomic mass is 10.2. The second-order valence-corrected chi connectivity index (χ2v) is 4.61. The molecule has 1 N–H and O–H groups in total. The van der Waals surface area contributed by atoms with Crippen LogP contribution in [0.4, 0.5) is 5.69 Å². The van der Waals surface area contributed by atoms with E-state index in [0.717, 1.165) is 18.4 Å². The van der Waals surface area contributed by atoms with Crippen molar-refractivity contribution >= 4 is 17.5 Å². The van der Waals surface area contributed by atoms with Gasteiger partial charge in [-0.05, 0) is 31.9 Å². The molecular weight excluding hydrogens is 240 g/mol. The lowest BCUT2D eigenvalue weighted by Crippen LogP contribution is -2.40. The highest BCUT2D eigenvalue weighted by molar-refractivity contribution is 6.39. The molecule has 1 aromatic carbocycles. The van der Waals surface area contributed by atoms with Gasteiger partial charge in [-0.25, -0.2) is 0 Å². The summed E-state index contributed by atoms with van der Waals surface area (Å²) in [6, 6.07) is 7.39. The Hall–Kier alpha value is -1.84. The van der Waals surface area contributed by atoms with Crippen molar-refractivity contribution in [3.8, 4) is 0 Å². The minimum atomic E-state index is -0.564. The van der Waals surface area contributed by atoms with E-state index in [1.165, 1.54) is 0 Å². The summed E-state index contributed by atoms with van der Waals surface area (Å²) in [7, 11) is 0. The Balaban J connectivity index is 2.65. The third-order valence-electron chi connectivity index (χ3n) is 2.78. The van der Waals surface area contributed by atoms with Crippen LogP contribution < -0.4 is 5.32 Å².